The van der Waals surface area contributed by atoms with E-state index in [0.29, 0.717) is 6.04 Å². The third-order valence-electron chi connectivity index (χ3n) is 3.94. The lowest BCUT2D eigenvalue weighted by molar-refractivity contribution is 0.162. The molecule has 0 spiro atoms. The van der Waals surface area contributed by atoms with Crippen LogP contribution in [0, 0.1) is 0 Å². The van der Waals surface area contributed by atoms with Crippen LogP contribution in [0.25, 0.3) is 0 Å². The Morgan fingerprint density at radius 2 is 1.75 bits per heavy atom. The summed E-state index contributed by atoms with van der Waals surface area (Å²) in [6, 6.07) is 7.23. The molecule has 0 aliphatic carbocycles. The van der Waals surface area contributed by atoms with E-state index >= 15 is 0 Å². The zero-order chi connectivity index (χ0) is 14.4. The number of nitrogens with one attached hydrogen (secondary N) is 1. The SMILES string of the molecule is CCCCC[C@H](c1cc(Br)cc(Br)c1)N1CCNCC1. The maximum atomic E-state index is 3.63. The Balaban J connectivity index is 2.15. The van der Waals surface area contributed by atoms with Gasteiger partial charge in [0.15, 0.2) is 0 Å². The van der Waals surface area contributed by atoms with Crippen molar-refractivity contribution in [2.24, 2.45) is 0 Å². The fraction of sp³-hybridized carbons (Fsp3) is 0.625. The fourth-order valence-electron chi connectivity index (χ4n) is 2.91. The summed E-state index contributed by atoms with van der Waals surface area (Å²) in [7, 11) is 0. The molecule has 1 heterocycles. The highest BCUT2D eigenvalue weighted by atomic mass is 79.9. The van der Waals surface area contributed by atoms with Crippen molar-refractivity contribution in [3.8, 4) is 0 Å². The largest absolute Gasteiger partial charge is 0.314 e. The highest BCUT2D eigenvalue weighted by Gasteiger charge is 2.22. The normalized spacial score (nSPS) is 18.1. The lowest BCUT2D eigenvalue weighted by Gasteiger charge is -2.35. The Hall–Kier alpha value is 0.1000. The van der Waals surface area contributed by atoms with Gasteiger partial charge in [-0.15, -0.1) is 0 Å². The van der Waals surface area contributed by atoms with Crippen LogP contribution >= 0.6 is 31.9 Å². The van der Waals surface area contributed by atoms with E-state index in [1.807, 2.05) is 0 Å². The molecule has 0 unspecified atom stereocenters. The minimum absolute atomic E-state index is 0.553. The van der Waals surface area contributed by atoms with Gasteiger partial charge in [-0.1, -0.05) is 58.0 Å². The van der Waals surface area contributed by atoms with E-state index in [9.17, 15) is 0 Å². The summed E-state index contributed by atoms with van der Waals surface area (Å²) in [6.45, 7) is 6.80. The number of benzene rings is 1. The first-order valence-corrected chi connectivity index (χ1v) is 9.20. The van der Waals surface area contributed by atoms with Gasteiger partial charge < -0.3 is 5.32 Å². The predicted octanol–water partition coefficient (Wildman–Crippen LogP) is 4.74. The number of unbranched alkanes of at least 4 members (excludes halogenated alkanes) is 2. The smallest absolute Gasteiger partial charge is 0.0350 e. The molecule has 1 atom stereocenters. The Morgan fingerprint density at radius 1 is 1.10 bits per heavy atom. The highest BCUT2D eigenvalue weighted by molar-refractivity contribution is 9.11. The van der Waals surface area contributed by atoms with Crippen molar-refractivity contribution in [2.75, 3.05) is 26.2 Å². The van der Waals surface area contributed by atoms with Crippen molar-refractivity contribution in [1.29, 1.82) is 0 Å². The molecule has 0 amide bonds. The Kier molecular flexibility index (Phi) is 7.02. The van der Waals surface area contributed by atoms with E-state index < -0.39 is 0 Å². The molecule has 1 aliphatic rings. The topological polar surface area (TPSA) is 15.3 Å². The van der Waals surface area contributed by atoms with E-state index in [2.05, 4.69) is 67.2 Å². The van der Waals surface area contributed by atoms with E-state index in [1.54, 1.807) is 0 Å². The fourth-order valence-corrected chi connectivity index (χ4v) is 4.24. The zero-order valence-corrected chi connectivity index (χ0v) is 15.3. The number of piperazine rings is 1. The van der Waals surface area contributed by atoms with Gasteiger partial charge in [0.25, 0.3) is 0 Å². The minimum atomic E-state index is 0.553. The van der Waals surface area contributed by atoms with E-state index in [0.717, 1.165) is 35.1 Å². The standard InChI is InChI=1S/C16H24Br2N2/c1-2-3-4-5-16(20-8-6-19-7-9-20)13-10-14(17)12-15(18)11-13/h10-12,16,19H,2-9H2,1H3/t16-/m1/s1. The lowest BCUT2D eigenvalue weighted by atomic mass is 9.98. The van der Waals surface area contributed by atoms with Gasteiger partial charge in [-0.2, -0.15) is 0 Å². The van der Waals surface area contributed by atoms with Crippen LogP contribution in [0.5, 0.6) is 0 Å². The molecule has 0 radical (unpaired) electrons. The number of rotatable bonds is 6. The Bertz CT molecular complexity index is 397. The van der Waals surface area contributed by atoms with Crippen LogP contribution in [0.15, 0.2) is 27.1 Å². The number of nitrogens with zero attached hydrogens (tertiary/aromatic N) is 1. The molecule has 1 saturated heterocycles. The van der Waals surface area contributed by atoms with Crippen LogP contribution < -0.4 is 5.32 Å². The van der Waals surface area contributed by atoms with Crippen LogP contribution in [0.2, 0.25) is 0 Å². The lowest BCUT2D eigenvalue weighted by Crippen LogP contribution is -2.45. The van der Waals surface area contributed by atoms with Crippen LogP contribution in [-0.4, -0.2) is 31.1 Å². The summed E-state index contributed by atoms with van der Waals surface area (Å²) >= 11 is 7.25. The van der Waals surface area contributed by atoms with Gasteiger partial charge in [0, 0.05) is 41.2 Å². The van der Waals surface area contributed by atoms with Crippen molar-refractivity contribution in [3.05, 3.63) is 32.7 Å². The molecule has 112 valence electrons. The third-order valence-corrected chi connectivity index (χ3v) is 4.86. The molecular formula is C16H24Br2N2. The second kappa shape index (κ2) is 8.52. The molecule has 2 nitrogen and oxygen atoms in total. The molecule has 2 rings (SSSR count). The minimum Gasteiger partial charge on any atom is -0.314 e. The van der Waals surface area contributed by atoms with Crippen molar-refractivity contribution < 1.29 is 0 Å². The van der Waals surface area contributed by atoms with Crippen LogP contribution in [-0.2, 0) is 0 Å². The van der Waals surface area contributed by atoms with E-state index in [-0.39, 0.29) is 0 Å². The quantitative estimate of drug-likeness (QED) is 0.690. The maximum Gasteiger partial charge on any atom is 0.0350 e. The van der Waals surface area contributed by atoms with Crippen molar-refractivity contribution in [2.45, 2.75) is 38.6 Å². The second-order valence-electron chi connectivity index (χ2n) is 5.50. The van der Waals surface area contributed by atoms with Crippen LogP contribution in [0.3, 0.4) is 0 Å². The third kappa shape index (κ3) is 4.83. The van der Waals surface area contributed by atoms with Gasteiger partial charge in [0.05, 0.1) is 0 Å². The predicted molar refractivity (Wildman–Crippen MR) is 93.2 cm³/mol. The molecule has 0 aromatic heterocycles. The number of hydrogen-bond donors (Lipinski definition) is 1. The van der Waals surface area contributed by atoms with Gasteiger partial charge in [0.2, 0.25) is 0 Å². The monoisotopic (exact) mass is 402 g/mol. The zero-order valence-electron chi connectivity index (χ0n) is 12.2. The van der Waals surface area contributed by atoms with Crippen molar-refractivity contribution in [3.63, 3.8) is 0 Å². The first kappa shape index (κ1) is 16.5. The van der Waals surface area contributed by atoms with Gasteiger partial charge in [-0.3, -0.25) is 4.90 Å². The Labute approximate surface area is 139 Å². The van der Waals surface area contributed by atoms with Crippen LogP contribution in [0.4, 0.5) is 0 Å². The van der Waals surface area contributed by atoms with E-state index in [1.165, 1.54) is 31.2 Å². The molecule has 1 aliphatic heterocycles. The first-order chi connectivity index (χ1) is 9.70. The summed E-state index contributed by atoms with van der Waals surface area (Å²) in [4.78, 5) is 2.64. The summed E-state index contributed by atoms with van der Waals surface area (Å²) in [5, 5.41) is 3.45. The van der Waals surface area contributed by atoms with Gasteiger partial charge >= 0.3 is 0 Å². The average Bonchev–Trinajstić information content (AvgIpc) is 2.43. The van der Waals surface area contributed by atoms with Crippen molar-refractivity contribution in [1.82, 2.24) is 10.2 Å². The summed E-state index contributed by atoms with van der Waals surface area (Å²) in [5.74, 6) is 0. The van der Waals surface area contributed by atoms with Crippen LogP contribution in [0.1, 0.15) is 44.2 Å². The summed E-state index contributed by atoms with van der Waals surface area (Å²) < 4.78 is 2.33. The van der Waals surface area contributed by atoms with Gasteiger partial charge in [0.1, 0.15) is 0 Å². The maximum absolute atomic E-state index is 3.63. The second-order valence-corrected chi connectivity index (χ2v) is 7.33. The van der Waals surface area contributed by atoms with E-state index in [4.69, 9.17) is 0 Å². The first-order valence-electron chi connectivity index (χ1n) is 7.61. The summed E-state index contributed by atoms with van der Waals surface area (Å²) in [6.07, 6.45) is 5.19. The molecule has 1 N–H and O–H groups in total. The summed E-state index contributed by atoms with van der Waals surface area (Å²) in [5.41, 5.74) is 1.43. The number of hydrogen-bond acceptors (Lipinski definition) is 2. The molecular weight excluding hydrogens is 380 g/mol. The molecule has 4 heteroatoms. The molecule has 1 aromatic carbocycles. The molecule has 0 bridgehead atoms. The molecule has 20 heavy (non-hydrogen) atoms. The highest BCUT2D eigenvalue weighted by Crippen LogP contribution is 2.31. The average molecular weight is 404 g/mol. The molecule has 0 saturated carbocycles. The number of halogens is 2. The van der Waals surface area contributed by atoms with Gasteiger partial charge in [-0.05, 0) is 30.2 Å². The van der Waals surface area contributed by atoms with Crippen molar-refractivity contribution >= 4 is 31.9 Å². The van der Waals surface area contributed by atoms with Gasteiger partial charge in [-0.25, -0.2) is 0 Å². The molecule has 1 fully saturated rings. The Morgan fingerprint density at radius 3 is 2.35 bits per heavy atom. The molecule has 1 aromatic rings.